The third-order valence-electron chi connectivity index (χ3n) is 3.39. The zero-order chi connectivity index (χ0) is 17.6. The van der Waals surface area contributed by atoms with Crippen LogP contribution in [0.15, 0.2) is 41.8 Å². The number of ketones is 1. The van der Waals surface area contributed by atoms with Crippen LogP contribution in [0.2, 0.25) is 0 Å². The van der Waals surface area contributed by atoms with Gasteiger partial charge in [-0.25, -0.2) is 0 Å². The van der Waals surface area contributed by atoms with Gasteiger partial charge in [-0.2, -0.15) is 13.2 Å². The lowest BCUT2D eigenvalue weighted by atomic mass is 10.1. The lowest BCUT2D eigenvalue weighted by Crippen LogP contribution is -2.26. The second kappa shape index (κ2) is 8.10. The molecule has 1 N–H and O–H groups in total. The number of amides is 1. The van der Waals surface area contributed by atoms with Gasteiger partial charge in [-0.3, -0.25) is 9.59 Å². The van der Waals surface area contributed by atoms with Crippen molar-refractivity contribution in [1.29, 1.82) is 0 Å². The van der Waals surface area contributed by atoms with E-state index in [-0.39, 0.29) is 24.5 Å². The van der Waals surface area contributed by atoms with Crippen LogP contribution in [0, 0.1) is 0 Å². The Labute approximate surface area is 141 Å². The standard InChI is InChI=1S/C17H16F3NO2S/c18-17(19,20)13-5-3-12(4-6-13)9-10-21-16(23)8-7-14(22)15-2-1-11-24-15/h1-6,11H,7-10H2,(H,21,23). The van der Waals surface area contributed by atoms with Crippen LogP contribution >= 0.6 is 11.3 Å². The Hall–Kier alpha value is -2.15. The fourth-order valence-electron chi connectivity index (χ4n) is 2.08. The first kappa shape index (κ1) is 18.2. The van der Waals surface area contributed by atoms with Gasteiger partial charge in [-0.05, 0) is 35.6 Å². The van der Waals surface area contributed by atoms with Gasteiger partial charge in [0.2, 0.25) is 5.91 Å². The molecule has 3 nitrogen and oxygen atoms in total. The molecule has 0 saturated heterocycles. The zero-order valence-corrected chi connectivity index (χ0v) is 13.5. The van der Waals surface area contributed by atoms with Gasteiger partial charge in [0.25, 0.3) is 0 Å². The van der Waals surface area contributed by atoms with E-state index < -0.39 is 11.7 Å². The summed E-state index contributed by atoms with van der Waals surface area (Å²) in [5.41, 5.74) is 0.0142. The van der Waals surface area contributed by atoms with Crippen molar-refractivity contribution in [3.05, 3.63) is 57.8 Å². The van der Waals surface area contributed by atoms with Crippen LogP contribution in [0.4, 0.5) is 13.2 Å². The summed E-state index contributed by atoms with van der Waals surface area (Å²) in [7, 11) is 0. The summed E-state index contributed by atoms with van der Waals surface area (Å²) in [4.78, 5) is 24.1. The molecular weight excluding hydrogens is 339 g/mol. The second-order valence-corrected chi connectivity index (χ2v) is 6.14. The minimum Gasteiger partial charge on any atom is -0.356 e. The maximum atomic E-state index is 12.4. The quantitative estimate of drug-likeness (QED) is 0.761. The number of benzene rings is 1. The Kier molecular flexibility index (Phi) is 6.14. The topological polar surface area (TPSA) is 46.2 Å². The highest BCUT2D eigenvalue weighted by Crippen LogP contribution is 2.29. The van der Waals surface area contributed by atoms with Crippen LogP contribution in [0.1, 0.15) is 33.6 Å². The molecule has 1 amide bonds. The van der Waals surface area contributed by atoms with E-state index in [9.17, 15) is 22.8 Å². The first-order valence-corrected chi connectivity index (χ1v) is 8.24. The predicted octanol–water partition coefficient (Wildman–Crippen LogP) is 4.09. The number of rotatable bonds is 7. The van der Waals surface area contributed by atoms with Gasteiger partial charge in [0.05, 0.1) is 10.4 Å². The van der Waals surface area contributed by atoms with E-state index >= 15 is 0 Å². The van der Waals surface area contributed by atoms with Crippen molar-refractivity contribution in [3.63, 3.8) is 0 Å². The SMILES string of the molecule is O=C(CCC(=O)c1cccs1)NCCc1ccc(C(F)(F)F)cc1. The third-order valence-corrected chi connectivity index (χ3v) is 4.30. The summed E-state index contributed by atoms with van der Waals surface area (Å²) < 4.78 is 37.3. The molecule has 0 aliphatic carbocycles. The highest BCUT2D eigenvalue weighted by Gasteiger charge is 2.29. The van der Waals surface area contributed by atoms with Crippen molar-refractivity contribution in [2.75, 3.05) is 6.54 Å². The van der Waals surface area contributed by atoms with Crippen LogP contribution in [0.3, 0.4) is 0 Å². The molecule has 7 heteroatoms. The molecule has 0 unspecified atom stereocenters. The molecule has 2 rings (SSSR count). The second-order valence-electron chi connectivity index (χ2n) is 5.20. The lowest BCUT2D eigenvalue weighted by Gasteiger charge is -2.08. The van der Waals surface area contributed by atoms with Crippen LogP contribution in [-0.4, -0.2) is 18.2 Å². The van der Waals surface area contributed by atoms with E-state index in [4.69, 9.17) is 0 Å². The first-order chi connectivity index (χ1) is 11.4. The van der Waals surface area contributed by atoms with Crippen molar-refractivity contribution >= 4 is 23.0 Å². The zero-order valence-electron chi connectivity index (χ0n) is 12.7. The molecule has 1 heterocycles. The molecule has 1 aromatic heterocycles. The minimum atomic E-state index is -4.35. The van der Waals surface area contributed by atoms with E-state index in [0.717, 1.165) is 12.1 Å². The van der Waals surface area contributed by atoms with Gasteiger partial charge in [0.1, 0.15) is 0 Å². The molecule has 0 aliphatic heterocycles. The Morgan fingerprint density at radius 3 is 2.33 bits per heavy atom. The lowest BCUT2D eigenvalue weighted by molar-refractivity contribution is -0.137. The number of halogens is 3. The Morgan fingerprint density at radius 2 is 1.75 bits per heavy atom. The van der Waals surface area contributed by atoms with E-state index in [1.54, 1.807) is 17.5 Å². The molecule has 0 spiro atoms. The Bertz CT molecular complexity index is 679. The van der Waals surface area contributed by atoms with Crippen LogP contribution in [0.25, 0.3) is 0 Å². The molecule has 0 atom stereocenters. The average Bonchev–Trinajstić information content (AvgIpc) is 3.07. The first-order valence-electron chi connectivity index (χ1n) is 7.36. The highest BCUT2D eigenvalue weighted by atomic mass is 32.1. The van der Waals surface area contributed by atoms with Gasteiger partial charge >= 0.3 is 6.18 Å². The summed E-state index contributed by atoms with van der Waals surface area (Å²) in [5.74, 6) is -0.310. The number of alkyl halides is 3. The summed E-state index contributed by atoms with van der Waals surface area (Å²) in [6, 6.07) is 8.34. The van der Waals surface area contributed by atoms with Crippen molar-refractivity contribution in [1.82, 2.24) is 5.32 Å². The van der Waals surface area contributed by atoms with Crippen molar-refractivity contribution in [3.8, 4) is 0 Å². The summed E-state index contributed by atoms with van der Waals surface area (Å²) in [6.45, 7) is 0.317. The van der Waals surface area contributed by atoms with Crippen molar-refractivity contribution < 1.29 is 22.8 Å². The maximum Gasteiger partial charge on any atom is 0.416 e. The number of carbonyl (C=O) groups excluding carboxylic acids is 2. The van der Waals surface area contributed by atoms with Gasteiger partial charge < -0.3 is 5.32 Å². The highest BCUT2D eigenvalue weighted by molar-refractivity contribution is 7.12. The Morgan fingerprint density at radius 1 is 1.04 bits per heavy atom. The smallest absolute Gasteiger partial charge is 0.356 e. The number of Topliss-reactive ketones (excluding diaryl/α,β-unsaturated/α-hetero) is 1. The number of nitrogens with one attached hydrogen (secondary N) is 1. The fourth-order valence-corrected chi connectivity index (χ4v) is 2.78. The normalized spacial score (nSPS) is 11.3. The van der Waals surface area contributed by atoms with E-state index in [2.05, 4.69) is 5.32 Å². The molecule has 2 aromatic rings. The maximum absolute atomic E-state index is 12.4. The number of carbonyl (C=O) groups is 2. The molecule has 0 bridgehead atoms. The summed E-state index contributed by atoms with van der Waals surface area (Å²) in [6.07, 6.45) is -3.67. The molecule has 0 aliphatic rings. The van der Waals surface area contributed by atoms with Crippen molar-refractivity contribution in [2.45, 2.75) is 25.4 Å². The molecule has 1 aromatic carbocycles. The largest absolute Gasteiger partial charge is 0.416 e. The predicted molar refractivity (Wildman–Crippen MR) is 86.0 cm³/mol. The number of thiophene rings is 1. The average molecular weight is 355 g/mol. The Balaban J connectivity index is 1.70. The molecule has 24 heavy (non-hydrogen) atoms. The molecule has 128 valence electrons. The van der Waals surface area contributed by atoms with E-state index in [0.29, 0.717) is 23.4 Å². The number of hydrogen-bond donors (Lipinski definition) is 1. The third kappa shape index (κ3) is 5.49. The number of hydrogen-bond acceptors (Lipinski definition) is 3. The van der Waals surface area contributed by atoms with Gasteiger partial charge in [0.15, 0.2) is 5.78 Å². The fraction of sp³-hybridized carbons (Fsp3) is 0.294. The van der Waals surface area contributed by atoms with Gasteiger partial charge in [-0.1, -0.05) is 18.2 Å². The van der Waals surface area contributed by atoms with Crippen molar-refractivity contribution in [2.24, 2.45) is 0 Å². The molecular formula is C17H16F3NO2S. The monoisotopic (exact) mass is 355 g/mol. The molecule has 0 radical (unpaired) electrons. The minimum absolute atomic E-state index is 0.0668. The van der Waals surface area contributed by atoms with Crippen LogP contribution in [0.5, 0.6) is 0 Å². The van der Waals surface area contributed by atoms with E-state index in [1.807, 2.05) is 0 Å². The van der Waals surface area contributed by atoms with Crippen LogP contribution in [-0.2, 0) is 17.4 Å². The van der Waals surface area contributed by atoms with Crippen LogP contribution < -0.4 is 5.32 Å². The van der Waals surface area contributed by atoms with Gasteiger partial charge in [-0.15, -0.1) is 11.3 Å². The summed E-state index contributed by atoms with van der Waals surface area (Å²) in [5, 5.41) is 4.47. The van der Waals surface area contributed by atoms with Gasteiger partial charge in [0, 0.05) is 19.4 Å². The molecule has 0 fully saturated rings. The summed E-state index contributed by atoms with van der Waals surface area (Å²) >= 11 is 1.34. The van der Waals surface area contributed by atoms with E-state index in [1.165, 1.54) is 23.5 Å². The molecule has 0 saturated carbocycles.